The predicted molar refractivity (Wildman–Crippen MR) is 72.9 cm³/mol. The number of phenolic OH excluding ortho intramolecular Hbond substituents is 1. The van der Waals surface area contributed by atoms with Crippen LogP contribution in [0.1, 0.15) is 15.9 Å². The molecule has 0 aliphatic heterocycles. The van der Waals surface area contributed by atoms with Crippen LogP contribution in [0.2, 0.25) is 5.02 Å². The highest BCUT2D eigenvalue weighted by atomic mass is 35.5. The van der Waals surface area contributed by atoms with Gasteiger partial charge in [-0.25, -0.2) is 4.39 Å². The molecule has 0 aliphatic carbocycles. The van der Waals surface area contributed by atoms with Crippen LogP contribution in [0.15, 0.2) is 48.5 Å². The van der Waals surface area contributed by atoms with Crippen molar-refractivity contribution in [3.8, 4) is 5.75 Å². The molecule has 19 heavy (non-hydrogen) atoms. The van der Waals surface area contributed by atoms with E-state index in [1.165, 1.54) is 24.3 Å². The average molecular weight is 277 g/mol. The number of halogens is 2. The largest absolute Gasteiger partial charge is 0.508 e. The fourth-order valence-electron chi connectivity index (χ4n) is 1.55. The molecule has 96 valence electrons. The number of phenols is 1. The van der Waals surface area contributed by atoms with Crippen molar-refractivity contribution in [2.24, 2.45) is 0 Å². The van der Waals surface area contributed by atoms with E-state index in [1.807, 2.05) is 0 Å². The Labute approximate surface area is 114 Å². The molecule has 2 aromatic carbocycles. The Bertz CT molecular complexity index is 650. The van der Waals surface area contributed by atoms with Gasteiger partial charge in [-0.1, -0.05) is 29.8 Å². The van der Waals surface area contributed by atoms with Crippen LogP contribution in [-0.4, -0.2) is 10.9 Å². The minimum atomic E-state index is -0.560. The second-order valence-electron chi connectivity index (χ2n) is 3.92. The lowest BCUT2D eigenvalue weighted by Crippen LogP contribution is -1.94. The summed E-state index contributed by atoms with van der Waals surface area (Å²) >= 11 is 5.61. The number of rotatable bonds is 3. The van der Waals surface area contributed by atoms with Gasteiger partial charge in [0.2, 0.25) is 0 Å². The third-order valence-electron chi connectivity index (χ3n) is 2.50. The van der Waals surface area contributed by atoms with Gasteiger partial charge in [-0.2, -0.15) is 0 Å². The number of aromatic hydroxyl groups is 1. The standard InChI is InChI=1S/C15H10ClFO2/c16-13-9-11(5-6-14(13)17)15(19)7-4-10-2-1-3-12(18)8-10/h1-9,18H. The maximum absolute atomic E-state index is 13.0. The van der Waals surface area contributed by atoms with Crippen LogP contribution < -0.4 is 0 Å². The fourth-order valence-corrected chi connectivity index (χ4v) is 1.73. The van der Waals surface area contributed by atoms with Gasteiger partial charge < -0.3 is 5.11 Å². The zero-order chi connectivity index (χ0) is 13.8. The Morgan fingerprint density at radius 3 is 2.68 bits per heavy atom. The number of carbonyl (C=O) groups excluding carboxylic acids is 1. The lowest BCUT2D eigenvalue weighted by Gasteiger charge is -1.98. The second kappa shape index (κ2) is 5.67. The molecule has 0 unspecified atom stereocenters. The number of hydrogen-bond donors (Lipinski definition) is 1. The van der Waals surface area contributed by atoms with E-state index < -0.39 is 5.82 Å². The summed E-state index contributed by atoms with van der Waals surface area (Å²) in [6.45, 7) is 0. The Morgan fingerprint density at radius 1 is 1.21 bits per heavy atom. The monoisotopic (exact) mass is 276 g/mol. The first-order valence-electron chi connectivity index (χ1n) is 5.53. The van der Waals surface area contributed by atoms with E-state index in [0.717, 1.165) is 6.07 Å². The molecule has 0 bridgehead atoms. The Hall–Kier alpha value is -2.13. The number of hydrogen-bond acceptors (Lipinski definition) is 2. The highest BCUT2D eigenvalue weighted by molar-refractivity contribution is 6.31. The molecule has 1 N–H and O–H groups in total. The molecule has 0 atom stereocenters. The van der Waals surface area contributed by atoms with Crippen LogP contribution in [0.3, 0.4) is 0 Å². The zero-order valence-corrected chi connectivity index (χ0v) is 10.6. The van der Waals surface area contributed by atoms with Crippen molar-refractivity contribution in [2.75, 3.05) is 0 Å². The summed E-state index contributed by atoms with van der Waals surface area (Å²) in [6.07, 6.45) is 2.91. The predicted octanol–water partition coefficient (Wildman–Crippen LogP) is 4.08. The number of allylic oxidation sites excluding steroid dienone is 1. The minimum Gasteiger partial charge on any atom is -0.508 e. The summed E-state index contributed by atoms with van der Waals surface area (Å²) in [5.41, 5.74) is 1.00. The molecule has 0 radical (unpaired) electrons. The third kappa shape index (κ3) is 3.42. The van der Waals surface area contributed by atoms with Crippen LogP contribution in [0.5, 0.6) is 5.75 Å². The molecule has 2 rings (SSSR count). The summed E-state index contributed by atoms with van der Waals surface area (Å²) in [4.78, 5) is 11.8. The van der Waals surface area contributed by atoms with Gasteiger partial charge in [0.05, 0.1) is 5.02 Å². The van der Waals surface area contributed by atoms with E-state index in [4.69, 9.17) is 11.6 Å². The first-order valence-corrected chi connectivity index (χ1v) is 5.90. The topological polar surface area (TPSA) is 37.3 Å². The van der Waals surface area contributed by atoms with E-state index in [2.05, 4.69) is 0 Å². The Balaban J connectivity index is 2.19. The van der Waals surface area contributed by atoms with Gasteiger partial charge in [-0.05, 0) is 42.0 Å². The average Bonchev–Trinajstić information content (AvgIpc) is 2.39. The van der Waals surface area contributed by atoms with E-state index in [-0.39, 0.29) is 16.6 Å². The molecule has 0 heterocycles. The van der Waals surface area contributed by atoms with E-state index in [9.17, 15) is 14.3 Å². The quantitative estimate of drug-likeness (QED) is 0.677. The van der Waals surface area contributed by atoms with E-state index in [0.29, 0.717) is 11.1 Å². The number of benzene rings is 2. The molecule has 0 saturated carbocycles. The molecular weight excluding hydrogens is 267 g/mol. The van der Waals surface area contributed by atoms with Gasteiger partial charge >= 0.3 is 0 Å². The SMILES string of the molecule is O=C(C=Cc1cccc(O)c1)c1ccc(F)c(Cl)c1. The third-order valence-corrected chi connectivity index (χ3v) is 2.79. The van der Waals surface area contributed by atoms with Gasteiger partial charge in [-0.15, -0.1) is 0 Å². The first kappa shape index (κ1) is 13.3. The molecule has 0 fully saturated rings. The molecule has 0 aromatic heterocycles. The lowest BCUT2D eigenvalue weighted by molar-refractivity contribution is 0.104. The summed E-state index contributed by atoms with van der Waals surface area (Å²) in [6, 6.07) is 10.3. The van der Waals surface area contributed by atoms with Gasteiger partial charge in [0.15, 0.2) is 5.78 Å². The Kier molecular flexibility index (Phi) is 3.97. The fraction of sp³-hybridized carbons (Fsp3) is 0. The van der Waals surface area contributed by atoms with Crippen molar-refractivity contribution in [1.29, 1.82) is 0 Å². The first-order chi connectivity index (χ1) is 9.06. The Morgan fingerprint density at radius 2 is 2.00 bits per heavy atom. The maximum atomic E-state index is 13.0. The number of carbonyl (C=O) groups is 1. The minimum absolute atomic E-state index is 0.0865. The molecule has 2 aromatic rings. The van der Waals surface area contributed by atoms with Crippen LogP contribution >= 0.6 is 11.6 Å². The molecule has 0 aliphatic rings. The van der Waals surface area contributed by atoms with Gasteiger partial charge in [0.25, 0.3) is 0 Å². The summed E-state index contributed by atoms with van der Waals surface area (Å²) in [5.74, 6) is -0.722. The van der Waals surface area contributed by atoms with Crippen LogP contribution in [0.25, 0.3) is 6.08 Å². The smallest absolute Gasteiger partial charge is 0.185 e. The maximum Gasteiger partial charge on any atom is 0.185 e. The normalized spacial score (nSPS) is 10.8. The molecule has 2 nitrogen and oxygen atoms in total. The van der Waals surface area contributed by atoms with Crippen molar-refractivity contribution in [3.63, 3.8) is 0 Å². The van der Waals surface area contributed by atoms with Crippen molar-refractivity contribution < 1.29 is 14.3 Å². The summed E-state index contributed by atoms with van der Waals surface area (Å²) < 4.78 is 13.0. The van der Waals surface area contributed by atoms with Gasteiger partial charge in [0.1, 0.15) is 11.6 Å². The molecule has 4 heteroatoms. The van der Waals surface area contributed by atoms with E-state index in [1.54, 1.807) is 24.3 Å². The van der Waals surface area contributed by atoms with E-state index >= 15 is 0 Å². The number of ketones is 1. The van der Waals surface area contributed by atoms with Crippen molar-refractivity contribution in [1.82, 2.24) is 0 Å². The zero-order valence-electron chi connectivity index (χ0n) is 9.81. The highest BCUT2D eigenvalue weighted by Gasteiger charge is 2.05. The van der Waals surface area contributed by atoms with Crippen LogP contribution in [-0.2, 0) is 0 Å². The second-order valence-corrected chi connectivity index (χ2v) is 4.33. The van der Waals surface area contributed by atoms with Gasteiger partial charge in [0, 0.05) is 5.56 Å². The summed E-state index contributed by atoms with van der Waals surface area (Å²) in [5, 5.41) is 9.20. The highest BCUT2D eigenvalue weighted by Crippen LogP contribution is 2.17. The van der Waals surface area contributed by atoms with Crippen molar-refractivity contribution >= 4 is 23.5 Å². The summed E-state index contributed by atoms with van der Waals surface area (Å²) in [7, 11) is 0. The van der Waals surface area contributed by atoms with Crippen molar-refractivity contribution in [2.45, 2.75) is 0 Å². The van der Waals surface area contributed by atoms with Gasteiger partial charge in [-0.3, -0.25) is 4.79 Å². The van der Waals surface area contributed by atoms with Crippen LogP contribution in [0.4, 0.5) is 4.39 Å². The molecular formula is C15H10ClFO2. The molecule has 0 spiro atoms. The van der Waals surface area contributed by atoms with Crippen LogP contribution in [0, 0.1) is 5.82 Å². The molecule has 0 saturated heterocycles. The van der Waals surface area contributed by atoms with Crippen molar-refractivity contribution in [3.05, 3.63) is 70.5 Å². The lowest BCUT2D eigenvalue weighted by atomic mass is 10.1. The molecule has 0 amide bonds.